The summed E-state index contributed by atoms with van der Waals surface area (Å²) in [6, 6.07) is 21.4. The summed E-state index contributed by atoms with van der Waals surface area (Å²) in [6.45, 7) is 7.17. The van der Waals surface area contributed by atoms with Crippen molar-refractivity contribution in [1.29, 1.82) is 0 Å². The minimum Gasteiger partial charge on any atom is -0.496 e. The predicted octanol–water partition coefficient (Wildman–Crippen LogP) is 6.08. The van der Waals surface area contributed by atoms with Gasteiger partial charge in [0.25, 0.3) is 0 Å². The van der Waals surface area contributed by atoms with Gasteiger partial charge in [-0.15, -0.1) is 0 Å². The first-order chi connectivity index (χ1) is 14.6. The van der Waals surface area contributed by atoms with Crippen LogP contribution in [0.4, 0.5) is 5.69 Å². The molecule has 0 atom stereocenters. The van der Waals surface area contributed by atoms with Gasteiger partial charge in [0.15, 0.2) is 0 Å². The molecule has 0 aliphatic carbocycles. The molecule has 0 unspecified atom stereocenters. The number of methoxy groups -OCH3 is 1. The minimum atomic E-state index is 0.552. The molecule has 0 amide bonds. The molecule has 3 aromatic rings. The Morgan fingerprint density at radius 3 is 2.20 bits per heavy atom. The summed E-state index contributed by atoms with van der Waals surface area (Å²) in [4.78, 5) is 2.48. The monoisotopic (exact) mass is 401 g/mol. The van der Waals surface area contributed by atoms with Crippen molar-refractivity contribution in [3.05, 3.63) is 88.5 Å². The quantitative estimate of drug-likeness (QED) is 0.479. The number of anilines is 1. The topological polar surface area (TPSA) is 21.7 Å². The third-order valence-corrected chi connectivity index (χ3v) is 5.88. The maximum atomic E-state index is 6.29. The third kappa shape index (κ3) is 4.62. The average Bonchev–Trinajstić information content (AvgIpc) is 3.29. The Morgan fingerprint density at radius 1 is 0.833 bits per heavy atom. The SMILES string of the molecule is COc1ccc(COc2c(C)cc(N3CCCC3)cc2C)cc1Cc1ccccc1. The molecule has 1 heterocycles. The number of ether oxygens (including phenoxy) is 2. The Morgan fingerprint density at radius 2 is 1.53 bits per heavy atom. The van der Waals surface area contributed by atoms with Crippen molar-refractivity contribution in [3.63, 3.8) is 0 Å². The number of aryl methyl sites for hydroxylation is 2. The second kappa shape index (κ2) is 9.25. The van der Waals surface area contributed by atoms with Crippen molar-refractivity contribution in [2.24, 2.45) is 0 Å². The van der Waals surface area contributed by atoms with Crippen LogP contribution in [0, 0.1) is 13.8 Å². The van der Waals surface area contributed by atoms with Gasteiger partial charge in [-0.3, -0.25) is 0 Å². The van der Waals surface area contributed by atoms with Crippen molar-refractivity contribution in [2.45, 2.75) is 39.7 Å². The highest BCUT2D eigenvalue weighted by molar-refractivity contribution is 5.57. The van der Waals surface area contributed by atoms with E-state index in [1.807, 2.05) is 12.1 Å². The molecule has 0 aromatic heterocycles. The van der Waals surface area contributed by atoms with Crippen molar-refractivity contribution in [3.8, 4) is 11.5 Å². The Hall–Kier alpha value is -2.94. The van der Waals surface area contributed by atoms with E-state index in [-0.39, 0.29) is 0 Å². The molecule has 0 radical (unpaired) electrons. The van der Waals surface area contributed by atoms with Crippen LogP contribution in [0.2, 0.25) is 0 Å². The molecule has 0 bridgehead atoms. The smallest absolute Gasteiger partial charge is 0.125 e. The lowest BCUT2D eigenvalue weighted by Crippen LogP contribution is -2.18. The maximum absolute atomic E-state index is 6.29. The second-order valence-corrected chi connectivity index (χ2v) is 8.20. The Bertz CT molecular complexity index is 968. The van der Waals surface area contributed by atoms with Gasteiger partial charge in [-0.25, -0.2) is 0 Å². The number of benzene rings is 3. The zero-order valence-corrected chi connectivity index (χ0v) is 18.3. The summed E-state index contributed by atoms with van der Waals surface area (Å²) >= 11 is 0. The molecule has 1 fully saturated rings. The largest absolute Gasteiger partial charge is 0.496 e. The van der Waals surface area contributed by atoms with E-state index in [9.17, 15) is 0 Å². The van der Waals surface area contributed by atoms with E-state index in [1.54, 1.807) is 7.11 Å². The van der Waals surface area contributed by atoms with Crippen LogP contribution in [0.15, 0.2) is 60.7 Å². The molecule has 156 valence electrons. The van der Waals surface area contributed by atoms with E-state index >= 15 is 0 Å². The molecule has 1 aliphatic heterocycles. The lowest BCUT2D eigenvalue weighted by Gasteiger charge is -2.21. The molecule has 3 heteroatoms. The van der Waals surface area contributed by atoms with E-state index < -0.39 is 0 Å². The highest BCUT2D eigenvalue weighted by atomic mass is 16.5. The molecular formula is C27H31NO2. The molecule has 3 aromatic carbocycles. The van der Waals surface area contributed by atoms with E-state index in [4.69, 9.17) is 9.47 Å². The lowest BCUT2D eigenvalue weighted by atomic mass is 10.0. The summed E-state index contributed by atoms with van der Waals surface area (Å²) in [6.07, 6.45) is 3.43. The average molecular weight is 402 g/mol. The Kier molecular flexibility index (Phi) is 6.27. The number of nitrogens with zero attached hydrogens (tertiary/aromatic N) is 1. The van der Waals surface area contributed by atoms with Gasteiger partial charge in [0.05, 0.1) is 7.11 Å². The molecule has 0 saturated carbocycles. The van der Waals surface area contributed by atoms with Crippen LogP contribution in [0.3, 0.4) is 0 Å². The van der Waals surface area contributed by atoms with E-state index in [0.29, 0.717) is 6.61 Å². The lowest BCUT2D eigenvalue weighted by molar-refractivity contribution is 0.301. The number of rotatable bonds is 7. The Balaban J connectivity index is 1.50. The normalized spacial score (nSPS) is 13.5. The predicted molar refractivity (Wildman–Crippen MR) is 124 cm³/mol. The highest BCUT2D eigenvalue weighted by Crippen LogP contribution is 2.32. The van der Waals surface area contributed by atoms with Gasteiger partial charge in [-0.2, -0.15) is 0 Å². The van der Waals surface area contributed by atoms with Crippen molar-refractivity contribution >= 4 is 5.69 Å². The van der Waals surface area contributed by atoms with Crippen LogP contribution in [0.5, 0.6) is 11.5 Å². The molecule has 4 rings (SSSR count). The van der Waals surface area contributed by atoms with Crippen LogP contribution in [-0.4, -0.2) is 20.2 Å². The summed E-state index contributed by atoms with van der Waals surface area (Å²) in [5, 5.41) is 0. The molecular weight excluding hydrogens is 370 g/mol. The molecule has 0 spiro atoms. The van der Waals surface area contributed by atoms with Gasteiger partial charge >= 0.3 is 0 Å². The van der Waals surface area contributed by atoms with Crippen LogP contribution < -0.4 is 14.4 Å². The number of hydrogen-bond donors (Lipinski definition) is 0. The van der Waals surface area contributed by atoms with Gasteiger partial charge in [-0.05, 0) is 78.8 Å². The van der Waals surface area contributed by atoms with Gasteiger partial charge in [-0.1, -0.05) is 36.4 Å². The molecule has 1 saturated heterocycles. The van der Waals surface area contributed by atoms with Crippen molar-refractivity contribution in [2.75, 3.05) is 25.1 Å². The third-order valence-electron chi connectivity index (χ3n) is 5.88. The zero-order valence-electron chi connectivity index (χ0n) is 18.3. The van der Waals surface area contributed by atoms with Crippen LogP contribution in [0.1, 0.15) is 40.7 Å². The molecule has 0 N–H and O–H groups in total. The first kappa shape index (κ1) is 20.3. The van der Waals surface area contributed by atoms with Gasteiger partial charge < -0.3 is 14.4 Å². The fourth-order valence-corrected chi connectivity index (χ4v) is 4.34. The van der Waals surface area contributed by atoms with Gasteiger partial charge in [0, 0.05) is 25.2 Å². The van der Waals surface area contributed by atoms with Gasteiger partial charge in [0.1, 0.15) is 18.1 Å². The standard InChI is InChI=1S/C27H31NO2/c1-20-15-25(28-13-7-8-14-28)16-21(2)27(20)30-19-23-11-12-26(29-3)24(18-23)17-22-9-5-4-6-10-22/h4-6,9-12,15-16,18H,7-8,13-14,17,19H2,1-3H3. The first-order valence-corrected chi connectivity index (χ1v) is 10.8. The van der Waals surface area contributed by atoms with E-state index in [0.717, 1.165) is 36.6 Å². The fraction of sp³-hybridized carbons (Fsp3) is 0.333. The van der Waals surface area contributed by atoms with Gasteiger partial charge in [0.2, 0.25) is 0 Å². The molecule has 3 nitrogen and oxygen atoms in total. The second-order valence-electron chi connectivity index (χ2n) is 8.20. The highest BCUT2D eigenvalue weighted by Gasteiger charge is 2.15. The summed E-state index contributed by atoms with van der Waals surface area (Å²) < 4.78 is 11.9. The molecule has 30 heavy (non-hydrogen) atoms. The van der Waals surface area contributed by atoms with Crippen LogP contribution in [0.25, 0.3) is 0 Å². The summed E-state index contributed by atoms with van der Waals surface area (Å²) in [5.74, 6) is 1.92. The van der Waals surface area contributed by atoms with Crippen LogP contribution >= 0.6 is 0 Å². The molecule has 1 aliphatic rings. The van der Waals surface area contributed by atoms with Crippen molar-refractivity contribution in [1.82, 2.24) is 0 Å². The fourth-order valence-electron chi connectivity index (χ4n) is 4.34. The maximum Gasteiger partial charge on any atom is 0.125 e. The Labute approximate surface area is 180 Å². The zero-order chi connectivity index (χ0) is 20.9. The summed E-state index contributed by atoms with van der Waals surface area (Å²) in [7, 11) is 1.73. The minimum absolute atomic E-state index is 0.552. The number of hydrogen-bond acceptors (Lipinski definition) is 3. The van der Waals surface area contributed by atoms with Crippen LogP contribution in [-0.2, 0) is 13.0 Å². The van der Waals surface area contributed by atoms with E-state index in [2.05, 4.69) is 67.3 Å². The van der Waals surface area contributed by atoms with E-state index in [1.165, 1.54) is 40.8 Å². The van der Waals surface area contributed by atoms with Crippen molar-refractivity contribution < 1.29 is 9.47 Å². The summed E-state index contributed by atoms with van der Waals surface area (Å²) in [5.41, 5.74) is 7.35. The first-order valence-electron chi connectivity index (χ1n) is 10.8.